The third kappa shape index (κ3) is 3.92. The lowest BCUT2D eigenvalue weighted by Gasteiger charge is -2.36. The van der Waals surface area contributed by atoms with E-state index in [0.717, 1.165) is 16.8 Å². The number of esters is 1. The van der Waals surface area contributed by atoms with E-state index in [1.54, 1.807) is 11.8 Å². The molecule has 0 N–H and O–H groups in total. The predicted octanol–water partition coefficient (Wildman–Crippen LogP) is 2.24. The molecule has 5 heteroatoms. The van der Waals surface area contributed by atoms with Gasteiger partial charge in [-0.25, -0.2) is 4.79 Å². The summed E-state index contributed by atoms with van der Waals surface area (Å²) in [4.78, 5) is 27.3. The van der Waals surface area contributed by atoms with Gasteiger partial charge in [-0.05, 0) is 38.5 Å². The Bertz CT molecular complexity index is 617. The normalized spacial score (nSPS) is 14.6. The van der Waals surface area contributed by atoms with Crippen molar-refractivity contribution in [2.75, 3.05) is 37.7 Å². The summed E-state index contributed by atoms with van der Waals surface area (Å²) in [5.41, 5.74) is 4.48. The van der Waals surface area contributed by atoms with Gasteiger partial charge in [0, 0.05) is 37.4 Å². The predicted molar refractivity (Wildman–Crippen MR) is 91.3 cm³/mol. The van der Waals surface area contributed by atoms with Crippen LogP contribution < -0.4 is 4.90 Å². The molecule has 2 rings (SSSR count). The van der Waals surface area contributed by atoms with E-state index < -0.39 is 11.9 Å². The van der Waals surface area contributed by atoms with E-state index in [1.807, 2.05) is 6.92 Å². The number of carbonyl (C=O) groups excluding carboxylic acids is 2. The lowest BCUT2D eigenvalue weighted by molar-refractivity contribution is -0.160. The molecule has 0 radical (unpaired) electrons. The Morgan fingerprint density at radius 2 is 1.87 bits per heavy atom. The highest BCUT2D eigenvalue weighted by atomic mass is 16.5. The minimum absolute atomic E-state index is 0.218. The van der Waals surface area contributed by atoms with Gasteiger partial charge in [-0.2, -0.15) is 0 Å². The quantitative estimate of drug-likeness (QED) is 0.634. The van der Waals surface area contributed by atoms with E-state index in [2.05, 4.69) is 36.6 Å². The van der Waals surface area contributed by atoms with Crippen LogP contribution in [0.5, 0.6) is 0 Å². The zero-order valence-corrected chi connectivity index (χ0v) is 14.1. The van der Waals surface area contributed by atoms with Crippen LogP contribution in [0, 0.1) is 6.92 Å². The second-order valence-electron chi connectivity index (χ2n) is 5.80. The lowest BCUT2D eigenvalue weighted by Crippen LogP contribution is -2.51. The third-order valence-electron chi connectivity index (χ3n) is 3.97. The fourth-order valence-corrected chi connectivity index (χ4v) is 2.74. The topological polar surface area (TPSA) is 49.9 Å². The summed E-state index contributed by atoms with van der Waals surface area (Å²) in [5, 5.41) is 0. The third-order valence-corrected chi connectivity index (χ3v) is 3.97. The monoisotopic (exact) mass is 316 g/mol. The first-order chi connectivity index (χ1) is 10.9. The van der Waals surface area contributed by atoms with Gasteiger partial charge in [0.15, 0.2) is 0 Å². The molecule has 1 saturated heterocycles. The van der Waals surface area contributed by atoms with Crippen LogP contribution in [0.3, 0.4) is 0 Å². The van der Waals surface area contributed by atoms with Crippen molar-refractivity contribution in [2.24, 2.45) is 0 Å². The number of anilines is 1. The molecule has 5 nitrogen and oxygen atoms in total. The van der Waals surface area contributed by atoms with Crippen molar-refractivity contribution in [3.8, 4) is 0 Å². The van der Waals surface area contributed by atoms with Crippen LogP contribution in [-0.4, -0.2) is 49.6 Å². The second-order valence-corrected chi connectivity index (χ2v) is 5.80. The fourth-order valence-electron chi connectivity index (χ4n) is 2.74. The Balaban J connectivity index is 2.06. The number of carbonyl (C=O) groups is 2. The summed E-state index contributed by atoms with van der Waals surface area (Å²) >= 11 is 0. The Morgan fingerprint density at radius 1 is 1.22 bits per heavy atom. The van der Waals surface area contributed by atoms with Crippen molar-refractivity contribution in [1.82, 2.24) is 4.90 Å². The van der Waals surface area contributed by atoms with Gasteiger partial charge in [0.1, 0.15) is 0 Å². The molecular weight excluding hydrogens is 292 g/mol. The average Bonchev–Trinajstić information content (AvgIpc) is 2.54. The number of nitrogens with zero attached hydrogens (tertiary/aromatic N) is 2. The van der Waals surface area contributed by atoms with E-state index in [1.165, 1.54) is 5.56 Å². The molecule has 1 aromatic rings. The Morgan fingerprint density at radius 3 is 2.43 bits per heavy atom. The number of hydrogen-bond donors (Lipinski definition) is 0. The molecule has 0 bridgehead atoms. The number of amides is 1. The van der Waals surface area contributed by atoms with E-state index in [9.17, 15) is 9.59 Å². The molecule has 1 aliphatic rings. The molecule has 0 spiro atoms. The van der Waals surface area contributed by atoms with Gasteiger partial charge in [0.25, 0.3) is 0 Å². The van der Waals surface area contributed by atoms with Crippen molar-refractivity contribution < 1.29 is 14.3 Å². The minimum atomic E-state index is -0.765. The summed E-state index contributed by atoms with van der Waals surface area (Å²) < 4.78 is 4.78. The van der Waals surface area contributed by atoms with Crippen molar-refractivity contribution in [1.29, 1.82) is 0 Å². The van der Waals surface area contributed by atoms with Crippen LogP contribution in [0.1, 0.15) is 25.0 Å². The number of hydrogen-bond acceptors (Lipinski definition) is 4. The van der Waals surface area contributed by atoms with Crippen LogP contribution in [0.25, 0.3) is 5.57 Å². The molecule has 1 heterocycles. The molecule has 1 aromatic carbocycles. The smallest absolute Gasteiger partial charge is 0.397 e. The molecule has 0 saturated carbocycles. The van der Waals surface area contributed by atoms with Crippen LogP contribution in [-0.2, 0) is 14.3 Å². The van der Waals surface area contributed by atoms with Crippen molar-refractivity contribution in [3.63, 3.8) is 0 Å². The second kappa shape index (κ2) is 7.31. The Hall–Kier alpha value is -2.30. The Kier molecular flexibility index (Phi) is 5.42. The maximum Gasteiger partial charge on any atom is 0.397 e. The number of rotatable bonds is 3. The summed E-state index contributed by atoms with van der Waals surface area (Å²) in [7, 11) is 0. The lowest BCUT2D eigenvalue weighted by atomic mass is 10.0. The fraction of sp³-hybridized carbons (Fsp3) is 0.444. The molecule has 124 valence electrons. The van der Waals surface area contributed by atoms with Gasteiger partial charge in [-0.15, -0.1) is 0 Å². The van der Waals surface area contributed by atoms with E-state index >= 15 is 0 Å². The van der Waals surface area contributed by atoms with Gasteiger partial charge < -0.3 is 14.5 Å². The first kappa shape index (κ1) is 17.1. The van der Waals surface area contributed by atoms with E-state index in [-0.39, 0.29) is 6.61 Å². The maximum atomic E-state index is 12.0. The highest BCUT2D eigenvalue weighted by Gasteiger charge is 2.27. The molecule has 1 aliphatic heterocycles. The number of piperazine rings is 1. The maximum absolute atomic E-state index is 12.0. The van der Waals surface area contributed by atoms with Gasteiger partial charge in [0.05, 0.1) is 6.61 Å². The summed E-state index contributed by atoms with van der Waals surface area (Å²) in [6.45, 7) is 12.4. The molecular formula is C18H24N2O3. The molecule has 0 aliphatic carbocycles. The number of ether oxygens (including phenoxy) is 1. The van der Waals surface area contributed by atoms with Gasteiger partial charge in [-0.3, -0.25) is 4.79 Å². The standard InChI is InChI=1S/C18H24N2O3/c1-5-23-18(22)17(21)20-10-8-19(9-11-20)16-7-6-14(4)12-15(16)13(2)3/h6-7,12H,2,5,8-11H2,1,3-4H3. The SMILES string of the molecule is C=C(C)c1cc(C)ccc1N1CCN(C(=O)C(=O)OCC)CC1. The van der Waals surface area contributed by atoms with Gasteiger partial charge >= 0.3 is 11.9 Å². The molecule has 0 aromatic heterocycles. The summed E-state index contributed by atoms with van der Waals surface area (Å²) in [5.74, 6) is -1.31. The number of allylic oxidation sites excluding steroid dienone is 1. The molecule has 23 heavy (non-hydrogen) atoms. The summed E-state index contributed by atoms with van der Waals surface area (Å²) in [6, 6.07) is 6.31. The van der Waals surface area contributed by atoms with Crippen LogP contribution in [0.4, 0.5) is 5.69 Å². The van der Waals surface area contributed by atoms with Crippen LogP contribution >= 0.6 is 0 Å². The van der Waals surface area contributed by atoms with Gasteiger partial charge in [0.2, 0.25) is 0 Å². The summed E-state index contributed by atoms with van der Waals surface area (Å²) in [6.07, 6.45) is 0. The highest BCUT2D eigenvalue weighted by molar-refractivity contribution is 6.32. The zero-order chi connectivity index (χ0) is 17.0. The highest BCUT2D eigenvalue weighted by Crippen LogP contribution is 2.28. The van der Waals surface area contributed by atoms with E-state index in [0.29, 0.717) is 26.2 Å². The molecule has 0 atom stereocenters. The Labute approximate surface area is 137 Å². The average molecular weight is 316 g/mol. The number of aryl methyl sites for hydroxylation is 1. The molecule has 1 fully saturated rings. The van der Waals surface area contributed by atoms with Crippen LogP contribution in [0.2, 0.25) is 0 Å². The van der Waals surface area contributed by atoms with Crippen LogP contribution in [0.15, 0.2) is 24.8 Å². The minimum Gasteiger partial charge on any atom is -0.459 e. The first-order valence-corrected chi connectivity index (χ1v) is 7.91. The number of benzene rings is 1. The van der Waals surface area contributed by atoms with Crippen molar-refractivity contribution >= 4 is 23.1 Å². The molecule has 1 amide bonds. The van der Waals surface area contributed by atoms with Gasteiger partial charge in [-0.1, -0.05) is 18.2 Å². The van der Waals surface area contributed by atoms with Crippen molar-refractivity contribution in [2.45, 2.75) is 20.8 Å². The first-order valence-electron chi connectivity index (χ1n) is 7.91. The van der Waals surface area contributed by atoms with Crippen molar-refractivity contribution in [3.05, 3.63) is 35.9 Å². The zero-order valence-electron chi connectivity index (χ0n) is 14.1. The largest absolute Gasteiger partial charge is 0.459 e. The van der Waals surface area contributed by atoms with E-state index in [4.69, 9.17) is 4.74 Å². The molecule has 0 unspecified atom stereocenters.